The molecule has 102 valence electrons. The molecule has 0 aromatic heterocycles. The average Bonchev–Trinajstić information content (AvgIpc) is 2.95. The van der Waals surface area contributed by atoms with Gasteiger partial charge in [0.2, 0.25) is 5.91 Å². The van der Waals surface area contributed by atoms with Crippen LogP contribution in [0.3, 0.4) is 0 Å². The molecule has 5 heteroatoms. The van der Waals surface area contributed by atoms with E-state index in [-0.39, 0.29) is 17.8 Å². The van der Waals surface area contributed by atoms with Gasteiger partial charge >= 0.3 is 0 Å². The number of carbonyl (C=O) groups is 1. The summed E-state index contributed by atoms with van der Waals surface area (Å²) in [4.78, 5) is 12.3. The number of benzene rings is 1. The fraction of sp³-hybridized carbons (Fsp3) is 0.500. The number of hydrogen-bond acceptors (Lipinski definition) is 2. The van der Waals surface area contributed by atoms with Crippen molar-refractivity contribution < 1.29 is 9.18 Å². The molecule has 2 aliphatic rings. The molecule has 3 nitrogen and oxygen atoms in total. The normalized spacial score (nSPS) is 29.3. The summed E-state index contributed by atoms with van der Waals surface area (Å²) in [7, 11) is 0. The molecule has 0 bridgehead atoms. The minimum atomic E-state index is -0.326. The molecular weight excluding hydrogens is 311 g/mol. The third-order valence-corrected chi connectivity index (χ3v) is 4.82. The minimum Gasteiger partial charge on any atom is -0.325 e. The van der Waals surface area contributed by atoms with Crippen LogP contribution in [0, 0.1) is 17.7 Å². The predicted molar refractivity (Wildman–Crippen MR) is 75.4 cm³/mol. The molecule has 0 radical (unpaired) electrons. The zero-order valence-corrected chi connectivity index (χ0v) is 12.0. The molecule has 1 heterocycles. The van der Waals surface area contributed by atoms with Crippen LogP contribution >= 0.6 is 15.9 Å². The molecule has 1 aliphatic carbocycles. The van der Waals surface area contributed by atoms with Gasteiger partial charge in [0, 0.05) is 5.69 Å². The van der Waals surface area contributed by atoms with Gasteiger partial charge in [-0.05, 0) is 65.4 Å². The molecule has 2 fully saturated rings. The maximum absolute atomic E-state index is 13.1. The number of hydrogen-bond donors (Lipinski definition) is 2. The zero-order valence-electron chi connectivity index (χ0n) is 10.5. The van der Waals surface area contributed by atoms with Gasteiger partial charge in [-0.2, -0.15) is 0 Å². The number of nitrogens with one attached hydrogen (secondary N) is 2. The molecule has 3 atom stereocenters. The Hall–Kier alpha value is -0.940. The Bertz CT molecular complexity index is 508. The Morgan fingerprint density at radius 1 is 1.42 bits per heavy atom. The van der Waals surface area contributed by atoms with E-state index >= 15 is 0 Å². The van der Waals surface area contributed by atoms with Crippen LogP contribution in [-0.4, -0.2) is 18.5 Å². The SMILES string of the molecule is O=C(Nc1ccc(F)c(Br)c1)C1NCC2CCCC21. The van der Waals surface area contributed by atoms with E-state index < -0.39 is 0 Å². The van der Waals surface area contributed by atoms with Crippen LogP contribution in [0.2, 0.25) is 0 Å². The fourth-order valence-corrected chi connectivity index (χ4v) is 3.65. The van der Waals surface area contributed by atoms with E-state index in [4.69, 9.17) is 0 Å². The summed E-state index contributed by atoms with van der Waals surface area (Å²) in [6, 6.07) is 4.42. The Kier molecular flexibility index (Phi) is 3.58. The number of rotatable bonds is 2. The highest BCUT2D eigenvalue weighted by molar-refractivity contribution is 9.10. The second kappa shape index (κ2) is 5.21. The number of halogens is 2. The van der Waals surface area contributed by atoms with Crippen molar-refractivity contribution in [1.29, 1.82) is 0 Å². The summed E-state index contributed by atoms with van der Waals surface area (Å²) in [6.45, 7) is 0.940. The van der Waals surface area contributed by atoms with Crippen molar-refractivity contribution in [1.82, 2.24) is 5.32 Å². The minimum absolute atomic E-state index is 0.00657. The molecule has 0 spiro atoms. The average molecular weight is 327 g/mol. The molecule has 2 N–H and O–H groups in total. The van der Waals surface area contributed by atoms with Crippen molar-refractivity contribution in [2.75, 3.05) is 11.9 Å². The molecule has 19 heavy (non-hydrogen) atoms. The van der Waals surface area contributed by atoms with Crippen molar-refractivity contribution in [2.45, 2.75) is 25.3 Å². The highest BCUT2D eigenvalue weighted by atomic mass is 79.9. The first-order valence-corrected chi connectivity index (χ1v) is 7.44. The smallest absolute Gasteiger partial charge is 0.241 e. The first-order valence-electron chi connectivity index (χ1n) is 6.64. The van der Waals surface area contributed by atoms with Gasteiger partial charge in [0.1, 0.15) is 5.82 Å². The monoisotopic (exact) mass is 326 g/mol. The lowest BCUT2D eigenvalue weighted by molar-refractivity contribution is -0.118. The molecular formula is C14H16BrFN2O. The van der Waals surface area contributed by atoms with Gasteiger partial charge in [0.15, 0.2) is 0 Å². The Morgan fingerprint density at radius 3 is 3.05 bits per heavy atom. The van der Waals surface area contributed by atoms with Gasteiger partial charge in [-0.25, -0.2) is 4.39 Å². The molecule has 1 saturated carbocycles. The lowest BCUT2D eigenvalue weighted by atomic mass is 9.93. The first-order chi connectivity index (χ1) is 9.15. The van der Waals surface area contributed by atoms with E-state index in [1.54, 1.807) is 12.1 Å². The van der Waals surface area contributed by atoms with Gasteiger partial charge in [-0.1, -0.05) is 6.42 Å². The van der Waals surface area contributed by atoms with Crippen LogP contribution in [0.5, 0.6) is 0 Å². The molecule has 1 saturated heterocycles. The van der Waals surface area contributed by atoms with Crippen LogP contribution in [0.25, 0.3) is 0 Å². The summed E-state index contributed by atoms with van der Waals surface area (Å²) in [5.41, 5.74) is 0.626. The van der Waals surface area contributed by atoms with Crippen LogP contribution in [0.4, 0.5) is 10.1 Å². The highest BCUT2D eigenvalue weighted by Gasteiger charge is 2.42. The summed E-state index contributed by atoms with van der Waals surface area (Å²) in [5, 5.41) is 6.17. The molecule has 1 aromatic carbocycles. The highest BCUT2D eigenvalue weighted by Crippen LogP contribution is 2.38. The first kappa shape index (κ1) is 13.1. The lowest BCUT2D eigenvalue weighted by Gasteiger charge is -2.17. The predicted octanol–water partition coefficient (Wildman–Crippen LogP) is 2.91. The summed E-state index contributed by atoms with van der Waals surface area (Å²) < 4.78 is 13.5. The van der Waals surface area contributed by atoms with Crippen molar-refractivity contribution in [3.8, 4) is 0 Å². The van der Waals surface area contributed by atoms with Gasteiger partial charge in [-0.3, -0.25) is 4.79 Å². The van der Waals surface area contributed by atoms with Gasteiger partial charge in [-0.15, -0.1) is 0 Å². The number of anilines is 1. The maximum atomic E-state index is 13.1. The van der Waals surface area contributed by atoms with E-state index in [0.29, 0.717) is 22.0 Å². The maximum Gasteiger partial charge on any atom is 0.241 e. The van der Waals surface area contributed by atoms with Crippen LogP contribution in [-0.2, 0) is 4.79 Å². The Balaban J connectivity index is 1.69. The van der Waals surface area contributed by atoms with Crippen molar-refractivity contribution in [3.05, 3.63) is 28.5 Å². The Labute approximate surface area is 120 Å². The van der Waals surface area contributed by atoms with Crippen molar-refractivity contribution >= 4 is 27.5 Å². The summed E-state index contributed by atoms with van der Waals surface area (Å²) in [5.74, 6) is 0.778. The molecule has 1 amide bonds. The van der Waals surface area contributed by atoms with Gasteiger partial charge in [0.25, 0.3) is 0 Å². The topological polar surface area (TPSA) is 41.1 Å². The van der Waals surface area contributed by atoms with Crippen LogP contribution in [0.15, 0.2) is 22.7 Å². The van der Waals surface area contributed by atoms with Gasteiger partial charge in [0.05, 0.1) is 10.5 Å². The molecule has 3 unspecified atom stereocenters. The third-order valence-electron chi connectivity index (χ3n) is 4.22. The number of fused-ring (bicyclic) bond motifs is 1. The molecule has 3 rings (SSSR count). The molecule has 1 aliphatic heterocycles. The summed E-state index contributed by atoms with van der Waals surface area (Å²) >= 11 is 3.12. The fourth-order valence-electron chi connectivity index (χ4n) is 3.27. The quantitative estimate of drug-likeness (QED) is 0.877. The van der Waals surface area contributed by atoms with E-state index in [0.717, 1.165) is 13.0 Å². The standard InChI is InChI=1S/C14H16BrFN2O/c15-11-6-9(4-5-12(11)16)18-14(19)13-10-3-1-2-8(10)7-17-13/h4-6,8,10,13,17H,1-3,7H2,(H,18,19). The van der Waals surface area contributed by atoms with E-state index in [9.17, 15) is 9.18 Å². The zero-order chi connectivity index (χ0) is 13.4. The number of amides is 1. The largest absolute Gasteiger partial charge is 0.325 e. The second-order valence-corrected chi connectivity index (χ2v) is 6.21. The van der Waals surface area contributed by atoms with Crippen molar-refractivity contribution in [3.63, 3.8) is 0 Å². The van der Waals surface area contributed by atoms with Crippen LogP contribution in [0.1, 0.15) is 19.3 Å². The molecule has 1 aromatic rings. The van der Waals surface area contributed by atoms with E-state index in [1.807, 2.05) is 0 Å². The third kappa shape index (κ3) is 2.54. The van der Waals surface area contributed by atoms with Gasteiger partial charge < -0.3 is 10.6 Å². The van der Waals surface area contributed by atoms with E-state index in [1.165, 1.54) is 18.9 Å². The van der Waals surface area contributed by atoms with Crippen LogP contribution < -0.4 is 10.6 Å². The summed E-state index contributed by atoms with van der Waals surface area (Å²) in [6.07, 6.45) is 3.58. The lowest BCUT2D eigenvalue weighted by Crippen LogP contribution is -2.39. The Morgan fingerprint density at radius 2 is 2.26 bits per heavy atom. The second-order valence-electron chi connectivity index (χ2n) is 5.36. The van der Waals surface area contributed by atoms with E-state index in [2.05, 4.69) is 26.6 Å². The number of carbonyl (C=O) groups excluding carboxylic acids is 1. The van der Waals surface area contributed by atoms with Crippen molar-refractivity contribution in [2.24, 2.45) is 11.8 Å².